The molecule has 1 heterocycles. The van der Waals surface area contributed by atoms with E-state index in [1.54, 1.807) is 18.4 Å². The molecule has 0 bridgehead atoms. The summed E-state index contributed by atoms with van der Waals surface area (Å²) in [4.78, 5) is 15.3. The maximum absolute atomic E-state index is 11.1. The monoisotopic (exact) mass is 279 g/mol. The van der Waals surface area contributed by atoms with E-state index in [1.807, 2.05) is 13.0 Å². The molecule has 1 aromatic heterocycles. The number of carboxylic acids is 1. The molecule has 0 spiro atoms. The van der Waals surface area contributed by atoms with Gasteiger partial charge in [0, 0.05) is 5.75 Å². The van der Waals surface area contributed by atoms with Gasteiger partial charge in [0.1, 0.15) is 17.6 Å². The minimum absolute atomic E-state index is 0.157. The van der Waals surface area contributed by atoms with Crippen molar-refractivity contribution in [3.05, 3.63) is 41.3 Å². The Balaban J connectivity index is 2.12. The van der Waals surface area contributed by atoms with Gasteiger partial charge in [0.2, 0.25) is 0 Å². The van der Waals surface area contributed by atoms with Crippen LogP contribution in [0.15, 0.2) is 34.1 Å². The topological polar surface area (TPSA) is 72.6 Å². The predicted octanol–water partition coefficient (Wildman–Crippen LogP) is 2.98. The minimum Gasteiger partial charge on any atom is -0.496 e. The van der Waals surface area contributed by atoms with Crippen LogP contribution in [0.4, 0.5) is 0 Å². The van der Waals surface area contributed by atoms with Crippen molar-refractivity contribution in [1.82, 2.24) is 4.98 Å². The third-order valence-corrected chi connectivity index (χ3v) is 3.37. The number of ether oxygens (including phenoxy) is 1. The molecule has 0 amide bonds. The van der Waals surface area contributed by atoms with Gasteiger partial charge in [-0.25, -0.2) is 9.78 Å². The van der Waals surface area contributed by atoms with Gasteiger partial charge in [-0.15, -0.1) is 0 Å². The average molecular weight is 279 g/mol. The second-order valence-electron chi connectivity index (χ2n) is 3.88. The number of methoxy groups -OCH3 is 1. The van der Waals surface area contributed by atoms with Gasteiger partial charge in [-0.3, -0.25) is 0 Å². The molecule has 0 fully saturated rings. The normalized spacial score (nSPS) is 10.4. The Bertz CT molecular complexity index is 594. The maximum atomic E-state index is 11.1. The molecule has 0 saturated carbocycles. The Labute approximate surface area is 114 Å². The van der Waals surface area contributed by atoms with Crippen LogP contribution in [-0.2, 0) is 5.75 Å². The lowest BCUT2D eigenvalue weighted by atomic mass is 10.1. The molecule has 0 unspecified atom stereocenters. The second-order valence-corrected chi connectivity index (χ2v) is 4.81. The van der Waals surface area contributed by atoms with Crippen LogP contribution >= 0.6 is 11.8 Å². The van der Waals surface area contributed by atoms with Gasteiger partial charge >= 0.3 is 5.97 Å². The Hall–Kier alpha value is -1.95. The maximum Gasteiger partial charge on any atom is 0.339 e. The molecule has 0 radical (unpaired) electrons. The quantitative estimate of drug-likeness (QED) is 0.848. The molecular weight excluding hydrogens is 266 g/mol. The Kier molecular flexibility index (Phi) is 4.11. The molecule has 19 heavy (non-hydrogen) atoms. The van der Waals surface area contributed by atoms with E-state index in [9.17, 15) is 4.79 Å². The van der Waals surface area contributed by atoms with Gasteiger partial charge in [-0.05, 0) is 24.6 Å². The van der Waals surface area contributed by atoms with Crippen molar-refractivity contribution < 1.29 is 19.1 Å². The molecule has 1 aromatic carbocycles. The number of nitrogens with zero attached hydrogens (tertiary/aromatic N) is 1. The summed E-state index contributed by atoms with van der Waals surface area (Å²) in [6.45, 7) is 1.85. The number of hydrogen-bond donors (Lipinski definition) is 1. The fourth-order valence-electron chi connectivity index (χ4n) is 1.56. The predicted molar refractivity (Wildman–Crippen MR) is 70.8 cm³/mol. The highest BCUT2D eigenvalue weighted by Crippen LogP contribution is 2.25. The summed E-state index contributed by atoms with van der Waals surface area (Å²) < 4.78 is 10.2. The fraction of sp³-hybridized carbons (Fsp3) is 0.231. The SMILES string of the molecule is COc1ccc(CSc2nc(C)co2)cc1C(=O)O. The van der Waals surface area contributed by atoms with Crippen molar-refractivity contribution in [3.8, 4) is 5.75 Å². The molecule has 0 aliphatic heterocycles. The molecule has 5 nitrogen and oxygen atoms in total. The third kappa shape index (κ3) is 3.29. The number of aromatic carboxylic acids is 1. The number of thioether (sulfide) groups is 1. The number of benzene rings is 1. The first-order valence-electron chi connectivity index (χ1n) is 5.55. The standard InChI is InChI=1S/C13H13NO4S/c1-8-6-18-13(14-8)19-7-9-3-4-11(17-2)10(5-9)12(15)16/h3-6H,7H2,1-2H3,(H,15,16). The van der Waals surface area contributed by atoms with E-state index in [0.29, 0.717) is 16.7 Å². The lowest BCUT2D eigenvalue weighted by molar-refractivity contribution is 0.0693. The zero-order valence-corrected chi connectivity index (χ0v) is 11.4. The molecule has 6 heteroatoms. The first-order valence-corrected chi connectivity index (χ1v) is 6.54. The van der Waals surface area contributed by atoms with Crippen molar-refractivity contribution >= 4 is 17.7 Å². The molecule has 100 valence electrons. The number of oxazole rings is 1. The summed E-state index contributed by atoms with van der Waals surface area (Å²) in [6, 6.07) is 5.08. The minimum atomic E-state index is -1.00. The summed E-state index contributed by atoms with van der Waals surface area (Å²) in [5, 5.41) is 9.67. The van der Waals surface area contributed by atoms with E-state index in [1.165, 1.54) is 18.9 Å². The van der Waals surface area contributed by atoms with Crippen molar-refractivity contribution in [1.29, 1.82) is 0 Å². The van der Waals surface area contributed by atoms with Crippen LogP contribution < -0.4 is 4.74 Å². The number of aryl methyl sites for hydroxylation is 1. The largest absolute Gasteiger partial charge is 0.496 e. The summed E-state index contributed by atoms with van der Waals surface area (Å²) in [7, 11) is 1.45. The molecule has 2 rings (SSSR count). The smallest absolute Gasteiger partial charge is 0.339 e. The zero-order chi connectivity index (χ0) is 13.8. The second kappa shape index (κ2) is 5.79. The highest BCUT2D eigenvalue weighted by Gasteiger charge is 2.12. The van der Waals surface area contributed by atoms with Gasteiger partial charge in [-0.2, -0.15) is 0 Å². The van der Waals surface area contributed by atoms with Crippen LogP contribution in [0.2, 0.25) is 0 Å². The summed E-state index contributed by atoms with van der Waals surface area (Å²) >= 11 is 1.42. The molecule has 0 aliphatic rings. The number of carboxylic acid groups (broad SMARTS) is 1. The Morgan fingerprint density at radius 2 is 2.32 bits per heavy atom. The highest BCUT2D eigenvalue weighted by atomic mass is 32.2. The average Bonchev–Trinajstić information content (AvgIpc) is 2.81. The Morgan fingerprint density at radius 3 is 2.89 bits per heavy atom. The molecule has 0 saturated heterocycles. The van der Waals surface area contributed by atoms with E-state index >= 15 is 0 Å². The van der Waals surface area contributed by atoms with Crippen LogP contribution in [0, 0.1) is 6.92 Å². The van der Waals surface area contributed by atoms with Crippen molar-refractivity contribution in [2.24, 2.45) is 0 Å². The summed E-state index contributed by atoms with van der Waals surface area (Å²) in [5.41, 5.74) is 1.85. The number of aromatic nitrogens is 1. The zero-order valence-electron chi connectivity index (χ0n) is 10.5. The molecule has 0 atom stereocenters. The number of hydrogen-bond acceptors (Lipinski definition) is 5. The first kappa shape index (κ1) is 13.5. The first-order chi connectivity index (χ1) is 9.10. The van der Waals surface area contributed by atoms with Gasteiger partial charge in [0.15, 0.2) is 0 Å². The van der Waals surface area contributed by atoms with Gasteiger partial charge in [-0.1, -0.05) is 17.8 Å². The third-order valence-electron chi connectivity index (χ3n) is 2.45. The molecule has 1 N–H and O–H groups in total. The van der Waals surface area contributed by atoms with E-state index in [2.05, 4.69) is 4.98 Å². The van der Waals surface area contributed by atoms with Crippen LogP contribution in [0.1, 0.15) is 21.6 Å². The molecular formula is C13H13NO4S. The Morgan fingerprint density at radius 1 is 1.53 bits per heavy atom. The highest BCUT2D eigenvalue weighted by molar-refractivity contribution is 7.98. The summed E-state index contributed by atoms with van der Waals surface area (Å²) in [5.74, 6) is -0.0617. The van der Waals surface area contributed by atoms with Gasteiger partial charge < -0.3 is 14.3 Å². The lowest BCUT2D eigenvalue weighted by Gasteiger charge is -2.06. The van der Waals surface area contributed by atoms with Crippen molar-refractivity contribution in [3.63, 3.8) is 0 Å². The van der Waals surface area contributed by atoms with Crippen molar-refractivity contribution in [2.45, 2.75) is 17.9 Å². The van der Waals surface area contributed by atoms with E-state index in [4.69, 9.17) is 14.3 Å². The number of carbonyl (C=O) groups is 1. The van der Waals surface area contributed by atoms with Crippen LogP contribution in [0.5, 0.6) is 5.75 Å². The molecule has 0 aliphatic carbocycles. The molecule has 2 aromatic rings. The fourth-order valence-corrected chi connectivity index (χ4v) is 2.35. The van der Waals surface area contributed by atoms with Crippen LogP contribution in [-0.4, -0.2) is 23.2 Å². The van der Waals surface area contributed by atoms with Gasteiger partial charge in [0.05, 0.1) is 12.8 Å². The summed E-state index contributed by atoms with van der Waals surface area (Å²) in [6.07, 6.45) is 1.58. The van der Waals surface area contributed by atoms with E-state index < -0.39 is 5.97 Å². The van der Waals surface area contributed by atoms with E-state index in [0.717, 1.165) is 11.3 Å². The van der Waals surface area contributed by atoms with Crippen LogP contribution in [0.25, 0.3) is 0 Å². The van der Waals surface area contributed by atoms with Crippen molar-refractivity contribution in [2.75, 3.05) is 7.11 Å². The van der Waals surface area contributed by atoms with Gasteiger partial charge in [0.25, 0.3) is 5.22 Å². The van der Waals surface area contributed by atoms with Crippen LogP contribution in [0.3, 0.4) is 0 Å². The number of rotatable bonds is 5. The lowest BCUT2D eigenvalue weighted by Crippen LogP contribution is -2.01. The van der Waals surface area contributed by atoms with E-state index in [-0.39, 0.29) is 5.56 Å².